The topological polar surface area (TPSA) is 26.3 Å². The summed E-state index contributed by atoms with van der Waals surface area (Å²) in [5, 5.41) is 0. The minimum atomic E-state index is 0.0629. The average Bonchev–Trinajstić information content (AvgIpc) is 3.37. The van der Waals surface area contributed by atoms with E-state index in [1.54, 1.807) is 6.92 Å². The number of ketones is 1. The summed E-state index contributed by atoms with van der Waals surface area (Å²) in [5.41, 5.74) is 2.98. The highest BCUT2D eigenvalue weighted by Crippen LogP contribution is 2.45. The van der Waals surface area contributed by atoms with Gasteiger partial charge in [-0.25, -0.2) is 0 Å². The van der Waals surface area contributed by atoms with Crippen LogP contribution in [0.4, 0.5) is 0 Å². The molecule has 3 rings (SSSR count). The second-order valence-corrected chi connectivity index (χ2v) is 6.18. The predicted molar refractivity (Wildman–Crippen MR) is 88.4 cm³/mol. The van der Waals surface area contributed by atoms with Crippen molar-refractivity contribution in [1.82, 2.24) is 0 Å². The van der Waals surface area contributed by atoms with Crippen LogP contribution in [0.5, 0.6) is 5.75 Å². The van der Waals surface area contributed by atoms with Gasteiger partial charge in [0.05, 0.1) is 5.56 Å². The van der Waals surface area contributed by atoms with Gasteiger partial charge in [-0.2, -0.15) is 0 Å². The van der Waals surface area contributed by atoms with Crippen molar-refractivity contribution >= 4 is 5.78 Å². The van der Waals surface area contributed by atoms with Gasteiger partial charge in [-0.05, 0) is 48.8 Å². The monoisotopic (exact) mass is 294 g/mol. The fraction of sp³-hybridized carbons (Fsp3) is 0.350. The molecule has 2 aromatic rings. The zero-order valence-electron chi connectivity index (χ0n) is 13.2. The molecule has 0 N–H and O–H groups in total. The van der Waals surface area contributed by atoms with Crippen LogP contribution < -0.4 is 4.74 Å². The molecule has 0 aromatic heterocycles. The van der Waals surface area contributed by atoms with E-state index in [0.29, 0.717) is 18.1 Å². The van der Waals surface area contributed by atoms with Crippen LogP contribution in [-0.4, -0.2) is 5.78 Å². The van der Waals surface area contributed by atoms with Crippen LogP contribution in [0, 0.1) is 5.92 Å². The molecule has 1 atom stereocenters. The van der Waals surface area contributed by atoms with E-state index in [1.165, 1.54) is 18.4 Å². The van der Waals surface area contributed by atoms with Crippen molar-refractivity contribution in [3.05, 3.63) is 65.2 Å². The van der Waals surface area contributed by atoms with Gasteiger partial charge in [-0.15, -0.1) is 0 Å². The molecule has 0 bridgehead atoms. The summed E-state index contributed by atoms with van der Waals surface area (Å²) < 4.78 is 6.09. The molecule has 0 spiro atoms. The zero-order chi connectivity index (χ0) is 15.5. The third-order valence-corrected chi connectivity index (χ3v) is 4.47. The number of carbonyl (C=O) groups excluding carboxylic acids is 1. The van der Waals surface area contributed by atoms with Crippen LogP contribution >= 0.6 is 0 Å². The average molecular weight is 294 g/mol. The second kappa shape index (κ2) is 6.35. The van der Waals surface area contributed by atoms with E-state index in [-0.39, 0.29) is 5.78 Å². The third kappa shape index (κ3) is 3.22. The highest BCUT2D eigenvalue weighted by molar-refractivity contribution is 5.97. The van der Waals surface area contributed by atoms with E-state index in [2.05, 4.69) is 13.0 Å². The highest BCUT2D eigenvalue weighted by Gasteiger charge is 2.31. The number of ether oxygens (including phenoxy) is 1. The van der Waals surface area contributed by atoms with Crippen LogP contribution in [0.2, 0.25) is 0 Å². The van der Waals surface area contributed by atoms with E-state index >= 15 is 0 Å². The lowest BCUT2D eigenvalue weighted by atomic mass is 9.92. The first-order valence-corrected chi connectivity index (χ1v) is 7.97. The molecule has 1 unspecified atom stereocenters. The van der Waals surface area contributed by atoms with Crippen LogP contribution in [0.3, 0.4) is 0 Å². The van der Waals surface area contributed by atoms with E-state index in [0.717, 1.165) is 17.2 Å². The molecule has 0 saturated heterocycles. The number of rotatable bonds is 6. The molecule has 2 heteroatoms. The Labute approximate surface area is 132 Å². The number of benzene rings is 2. The second-order valence-electron chi connectivity index (χ2n) is 6.18. The van der Waals surface area contributed by atoms with Crippen LogP contribution in [-0.2, 0) is 6.61 Å². The molecule has 1 aliphatic rings. The fourth-order valence-corrected chi connectivity index (χ4v) is 2.93. The maximum Gasteiger partial charge on any atom is 0.163 e. The molecule has 0 radical (unpaired) electrons. The minimum Gasteiger partial charge on any atom is -0.488 e. The Morgan fingerprint density at radius 2 is 1.86 bits per heavy atom. The first kappa shape index (κ1) is 14.8. The van der Waals surface area contributed by atoms with Crippen molar-refractivity contribution in [3.8, 4) is 5.75 Å². The maximum absolute atomic E-state index is 12.0. The molecule has 2 aromatic carbocycles. The van der Waals surface area contributed by atoms with Gasteiger partial charge in [-0.1, -0.05) is 49.4 Å². The SMILES string of the molecule is CC(=O)c1cccc(C(C)C2CC2)c1OCc1ccccc1. The largest absolute Gasteiger partial charge is 0.488 e. The van der Waals surface area contributed by atoms with Gasteiger partial charge in [0, 0.05) is 0 Å². The lowest BCUT2D eigenvalue weighted by molar-refractivity contribution is 0.101. The summed E-state index contributed by atoms with van der Waals surface area (Å²) in [6, 6.07) is 16.0. The Morgan fingerprint density at radius 1 is 1.14 bits per heavy atom. The van der Waals surface area contributed by atoms with Gasteiger partial charge in [0.25, 0.3) is 0 Å². The van der Waals surface area contributed by atoms with Gasteiger partial charge in [0.2, 0.25) is 0 Å². The standard InChI is InChI=1S/C20H22O2/c1-14(17-11-12-17)18-9-6-10-19(15(2)21)20(18)22-13-16-7-4-3-5-8-16/h3-10,14,17H,11-13H2,1-2H3. The Hall–Kier alpha value is -2.09. The van der Waals surface area contributed by atoms with E-state index in [9.17, 15) is 4.79 Å². The van der Waals surface area contributed by atoms with Crippen molar-refractivity contribution in [2.45, 2.75) is 39.2 Å². The van der Waals surface area contributed by atoms with Gasteiger partial charge >= 0.3 is 0 Å². The molecule has 2 nitrogen and oxygen atoms in total. The number of para-hydroxylation sites is 1. The number of Topliss-reactive ketones (excluding diaryl/α,β-unsaturated/α-hetero) is 1. The number of hydrogen-bond donors (Lipinski definition) is 0. The van der Waals surface area contributed by atoms with E-state index in [4.69, 9.17) is 4.74 Å². The fourth-order valence-electron chi connectivity index (χ4n) is 2.93. The zero-order valence-corrected chi connectivity index (χ0v) is 13.2. The third-order valence-electron chi connectivity index (χ3n) is 4.47. The summed E-state index contributed by atoms with van der Waals surface area (Å²) in [7, 11) is 0. The maximum atomic E-state index is 12.0. The van der Waals surface area contributed by atoms with Crippen LogP contribution in [0.15, 0.2) is 48.5 Å². The van der Waals surface area contributed by atoms with Gasteiger partial charge < -0.3 is 4.74 Å². The molecular formula is C20H22O2. The van der Waals surface area contributed by atoms with Crippen molar-refractivity contribution in [2.75, 3.05) is 0 Å². The Kier molecular flexibility index (Phi) is 4.28. The first-order chi connectivity index (χ1) is 10.7. The minimum absolute atomic E-state index is 0.0629. The van der Waals surface area contributed by atoms with Crippen LogP contribution in [0.25, 0.3) is 0 Å². The molecule has 114 valence electrons. The first-order valence-electron chi connectivity index (χ1n) is 7.97. The van der Waals surface area contributed by atoms with E-state index in [1.807, 2.05) is 42.5 Å². The molecule has 0 amide bonds. The van der Waals surface area contributed by atoms with Gasteiger partial charge in [0.1, 0.15) is 12.4 Å². The summed E-state index contributed by atoms with van der Waals surface area (Å²) in [4.78, 5) is 12.0. The number of carbonyl (C=O) groups is 1. The number of hydrogen-bond acceptors (Lipinski definition) is 2. The lowest BCUT2D eigenvalue weighted by Crippen LogP contribution is -2.07. The Balaban J connectivity index is 1.90. The predicted octanol–water partition coefficient (Wildman–Crippen LogP) is 4.98. The molecule has 0 aliphatic heterocycles. The molecule has 22 heavy (non-hydrogen) atoms. The lowest BCUT2D eigenvalue weighted by Gasteiger charge is -2.19. The molecule has 1 saturated carbocycles. The quantitative estimate of drug-likeness (QED) is 0.702. The summed E-state index contributed by atoms with van der Waals surface area (Å²) in [6.07, 6.45) is 2.56. The Morgan fingerprint density at radius 3 is 2.50 bits per heavy atom. The molecule has 0 heterocycles. The van der Waals surface area contributed by atoms with Crippen molar-refractivity contribution < 1.29 is 9.53 Å². The smallest absolute Gasteiger partial charge is 0.163 e. The normalized spacial score (nSPS) is 15.4. The molecular weight excluding hydrogens is 272 g/mol. The van der Waals surface area contributed by atoms with Gasteiger partial charge in [-0.3, -0.25) is 4.79 Å². The Bertz CT molecular complexity index is 657. The van der Waals surface area contributed by atoms with Crippen molar-refractivity contribution in [2.24, 2.45) is 5.92 Å². The highest BCUT2D eigenvalue weighted by atomic mass is 16.5. The van der Waals surface area contributed by atoms with Gasteiger partial charge in [0.15, 0.2) is 5.78 Å². The summed E-state index contributed by atoms with van der Waals surface area (Å²) in [5.74, 6) is 2.03. The van der Waals surface area contributed by atoms with Crippen LogP contribution in [0.1, 0.15) is 54.1 Å². The summed E-state index contributed by atoms with van der Waals surface area (Å²) in [6.45, 7) is 4.35. The van der Waals surface area contributed by atoms with Crippen molar-refractivity contribution in [1.29, 1.82) is 0 Å². The molecule has 1 aliphatic carbocycles. The summed E-state index contributed by atoms with van der Waals surface area (Å²) >= 11 is 0. The van der Waals surface area contributed by atoms with Crippen molar-refractivity contribution in [3.63, 3.8) is 0 Å². The van der Waals surface area contributed by atoms with E-state index < -0.39 is 0 Å². The molecule has 1 fully saturated rings.